The second kappa shape index (κ2) is 5.48. The van der Waals surface area contributed by atoms with E-state index in [4.69, 9.17) is 5.73 Å². The van der Waals surface area contributed by atoms with Crippen molar-refractivity contribution in [3.05, 3.63) is 45.5 Å². The van der Waals surface area contributed by atoms with Crippen LogP contribution in [-0.2, 0) is 10.0 Å². The van der Waals surface area contributed by atoms with E-state index in [0.717, 1.165) is 0 Å². The molecule has 0 aliphatic heterocycles. The number of halogens is 2. The Bertz CT molecular complexity index is 699. The van der Waals surface area contributed by atoms with Crippen molar-refractivity contribution in [2.24, 2.45) is 0 Å². The fourth-order valence-corrected chi connectivity index (χ4v) is 3.97. The summed E-state index contributed by atoms with van der Waals surface area (Å²) in [6.45, 7) is 0. The number of nitrogen functional groups attached to an aromatic ring is 1. The van der Waals surface area contributed by atoms with E-state index in [-0.39, 0.29) is 10.7 Å². The van der Waals surface area contributed by atoms with Gasteiger partial charge in [-0.1, -0.05) is 6.07 Å². The average molecular weight is 407 g/mol. The highest BCUT2D eigenvalue weighted by atomic mass is 79.9. The van der Waals surface area contributed by atoms with Gasteiger partial charge in [0, 0.05) is 21.2 Å². The molecular weight excluding hydrogens is 398 g/mol. The highest BCUT2D eigenvalue weighted by molar-refractivity contribution is 9.11. The summed E-state index contributed by atoms with van der Waals surface area (Å²) in [4.78, 5) is 3.82. The van der Waals surface area contributed by atoms with Crippen LogP contribution >= 0.6 is 31.9 Å². The van der Waals surface area contributed by atoms with E-state index in [1.54, 1.807) is 18.2 Å². The maximum Gasteiger partial charge on any atom is 0.262 e. The maximum atomic E-state index is 12.2. The summed E-state index contributed by atoms with van der Waals surface area (Å²) < 4.78 is 28.2. The van der Waals surface area contributed by atoms with Gasteiger partial charge in [-0.05, 0) is 50.1 Å². The third kappa shape index (κ3) is 3.26. The zero-order chi connectivity index (χ0) is 14.0. The van der Waals surface area contributed by atoms with Crippen LogP contribution in [0.4, 0.5) is 11.5 Å². The van der Waals surface area contributed by atoms with Crippen LogP contribution < -0.4 is 10.5 Å². The average Bonchev–Trinajstić information content (AvgIpc) is 2.34. The molecule has 0 amide bonds. The van der Waals surface area contributed by atoms with Crippen LogP contribution in [0.25, 0.3) is 0 Å². The molecule has 8 heteroatoms. The molecule has 1 aromatic heterocycles. The van der Waals surface area contributed by atoms with Gasteiger partial charge in [0.15, 0.2) is 0 Å². The van der Waals surface area contributed by atoms with Crippen LogP contribution in [0.2, 0.25) is 0 Å². The molecule has 100 valence electrons. The zero-order valence-corrected chi connectivity index (χ0v) is 13.5. The van der Waals surface area contributed by atoms with Crippen LogP contribution in [-0.4, -0.2) is 13.4 Å². The second-order valence-electron chi connectivity index (χ2n) is 3.62. The number of hydrogen-bond donors (Lipinski definition) is 2. The van der Waals surface area contributed by atoms with E-state index in [1.807, 2.05) is 0 Å². The molecule has 0 saturated heterocycles. The van der Waals surface area contributed by atoms with Crippen molar-refractivity contribution in [3.8, 4) is 0 Å². The van der Waals surface area contributed by atoms with Crippen LogP contribution in [0.15, 0.2) is 50.4 Å². The van der Waals surface area contributed by atoms with Gasteiger partial charge in [-0.25, -0.2) is 13.4 Å². The molecule has 0 saturated carbocycles. The van der Waals surface area contributed by atoms with Crippen LogP contribution in [0.5, 0.6) is 0 Å². The lowest BCUT2D eigenvalue weighted by molar-refractivity contribution is 0.601. The second-order valence-corrected chi connectivity index (χ2v) is 7.01. The molecule has 3 N–H and O–H groups in total. The molecule has 0 atom stereocenters. The molecule has 1 aromatic carbocycles. The Morgan fingerprint density at radius 2 is 1.79 bits per heavy atom. The molecule has 5 nitrogen and oxygen atoms in total. The van der Waals surface area contributed by atoms with Crippen LogP contribution in [0, 0.1) is 0 Å². The van der Waals surface area contributed by atoms with Crippen LogP contribution in [0.1, 0.15) is 0 Å². The largest absolute Gasteiger partial charge is 0.384 e. The lowest BCUT2D eigenvalue weighted by Gasteiger charge is -2.11. The van der Waals surface area contributed by atoms with Crippen molar-refractivity contribution in [1.29, 1.82) is 0 Å². The monoisotopic (exact) mass is 405 g/mol. The predicted octanol–water partition coefficient (Wildman–Crippen LogP) is 2.99. The number of rotatable bonds is 3. The highest BCUT2D eigenvalue weighted by Gasteiger charge is 2.17. The van der Waals surface area contributed by atoms with Crippen molar-refractivity contribution < 1.29 is 8.42 Å². The van der Waals surface area contributed by atoms with E-state index >= 15 is 0 Å². The third-order valence-corrected chi connectivity index (χ3v) is 4.93. The minimum atomic E-state index is -3.71. The highest BCUT2D eigenvalue weighted by Crippen LogP contribution is 2.32. The molecule has 0 spiro atoms. The molecule has 0 radical (unpaired) electrons. The van der Waals surface area contributed by atoms with E-state index in [9.17, 15) is 8.42 Å². The van der Waals surface area contributed by atoms with Crippen molar-refractivity contribution in [1.82, 2.24) is 4.98 Å². The number of para-hydroxylation sites is 1. The number of anilines is 2. The molecule has 0 aliphatic carbocycles. The standard InChI is InChI=1S/C11H9Br2N3O2S/c12-8-2-1-3-9(13)11(8)16-19(17,18)7-4-5-15-10(14)6-7/h1-6,16H,(H2,14,15). The minimum absolute atomic E-state index is 0.0580. The first kappa shape index (κ1) is 14.3. The third-order valence-electron chi connectivity index (χ3n) is 2.26. The van der Waals surface area contributed by atoms with Gasteiger partial charge in [-0.2, -0.15) is 0 Å². The Balaban J connectivity index is 2.42. The van der Waals surface area contributed by atoms with Crippen LogP contribution in [0.3, 0.4) is 0 Å². The first-order chi connectivity index (χ1) is 8.90. The summed E-state index contributed by atoms with van der Waals surface area (Å²) in [5.74, 6) is 0.147. The number of pyridine rings is 1. The Labute approximate surface area is 127 Å². The Hall–Kier alpha value is -1.12. The van der Waals surface area contributed by atoms with E-state index < -0.39 is 10.0 Å². The zero-order valence-electron chi connectivity index (χ0n) is 9.47. The number of benzene rings is 1. The molecule has 2 rings (SSSR count). The first-order valence-electron chi connectivity index (χ1n) is 5.08. The minimum Gasteiger partial charge on any atom is -0.384 e. The number of nitrogens with zero attached hydrogens (tertiary/aromatic N) is 1. The summed E-state index contributed by atoms with van der Waals surface area (Å²) in [7, 11) is -3.71. The molecule has 2 aromatic rings. The Morgan fingerprint density at radius 3 is 2.37 bits per heavy atom. The maximum absolute atomic E-state index is 12.2. The summed E-state index contributed by atoms with van der Waals surface area (Å²) in [5, 5.41) is 0. The molecular formula is C11H9Br2N3O2S. The number of sulfonamides is 1. The van der Waals surface area contributed by atoms with Gasteiger partial charge in [-0.15, -0.1) is 0 Å². The van der Waals surface area contributed by atoms with Gasteiger partial charge in [0.05, 0.1) is 10.6 Å². The first-order valence-corrected chi connectivity index (χ1v) is 8.15. The lowest BCUT2D eigenvalue weighted by atomic mass is 10.3. The van der Waals surface area contributed by atoms with Crippen molar-refractivity contribution in [2.75, 3.05) is 10.5 Å². The molecule has 0 fully saturated rings. The summed E-state index contributed by atoms with van der Waals surface area (Å²) in [6, 6.07) is 7.94. The van der Waals surface area contributed by atoms with E-state index in [1.165, 1.54) is 18.3 Å². The predicted molar refractivity (Wildman–Crippen MR) is 81.3 cm³/mol. The topological polar surface area (TPSA) is 85.1 Å². The Kier molecular flexibility index (Phi) is 4.12. The fourth-order valence-electron chi connectivity index (χ4n) is 1.38. The molecule has 19 heavy (non-hydrogen) atoms. The normalized spacial score (nSPS) is 11.3. The van der Waals surface area contributed by atoms with Crippen molar-refractivity contribution in [3.63, 3.8) is 0 Å². The number of nitrogens with two attached hydrogens (primary N) is 1. The van der Waals surface area contributed by atoms with Crippen molar-refractivity contribution >= 4 is 53.4 Å². The SMILES string of the molecule is Nc1cc(S(=O)(=O)Nc2c(Br)cccc2Br)ccn1. The summed E-state index contributed by atoms with van der Waals surface area (Å²) >= 11 is 6.59. The van der Waals surface area contributed by atoms with Gasteiger partial charge >= 0.3 is 0 Å². The molecule has 0 aliphatic rings. The van der Waals surface area contributed by atoms with Gasteiger partial charge in [0.25, 0.3) is 10.0 Å². The number of hydrogen-bond acceptors (Lipinski definition) is 4. The summed E-state index contributed by atoms with van der Waals surface area (Å²) in [5.41, 5.74) is 5.92. The van der Waals surface area contributed by atoms with Crippen molar-refractivity contribution in [2.45, 2.75) is 4.90 Å². The van der Waals surface area contributed by atoms with E-state index in [2.05, 4.69) is 41.6 Å². The fraction of sp³-hybridized carbons (Fsp3) is 0. The molecule has 1 heterocycles. The smallest absolute Gasteiger partial charge is 0.262 e. The number of nitrogens with one attached hydrogen (secondary N) is 1. The quantitative estimate of drug-likeness (QED) is 0.820. The molecule has 0 unspecified atom stereocenters. The summed E-state index contributed by atoms with van der Waals surface area (Å²) in [6.07, 6.45) is 1.35. The Morgan fingerprint density at radius 1 is 1.16 bits per heavy atom. The van der Waals surface area contributed by atoms with Gasteiger partial charge < -0.3 is 5.73 Å². The van der Waals surface area contributed by atoms with Gasteiger partial charge in [-0.3, -0.25) is 4.72 Å². The lowest BCUT2D eigenvalue weighted by Crippen LogP contribution is -2.14. The molecule has 0 bridgehead atoms. The number of aromatic nitrogens is 1. The van der Waals surface area contributed by atoms with E-state index in [0.29, 0.717) is 14.6 Å². The van der Waals surface area contributed by atoms with Gasteiger partial charge in [0.2, 0.25) is 0 Å². The van der Waals surface area contributed by atoms with Gasteiger partial charge in [0.1, 0.15) is 5.82 Å².